The summed E-state index contributed by atoms with van der Waals surface area (Å²) in [5, 5.41) is 2.06. The normalized spacial score (nSPS) is 11.7. The van der Waals surface area contributed by atoms with E-state index in [0.29, 0.717) is 0 Å². The Morgan fingerprint density at radius 3 is 2.12 bits per heavy atom. The molecule has 0 saturated carbocycles. The topological polar surface area (TPSA) is 0 Å². The third kappa shape index (κ3) is 4.40. The van der Waals surface area contributed by atoms with Crippen LogP contribution in [0.5, 0.6) is 0 Å². The van der Waals surface area contributed by atoms with Crippen LogP contribution in [0.1, 0.15) is 44.6 Å². The molecular weight excluding hydrogens is 340 g/mol. The van der Waals surface area contributed by atoms with Gasteiger partial charge in [-0.25, -0.2) is 0 Å². The third-order valence-electron chi connectivity index (χ3n) is 3.41. The maximum atomic E-state index is 3.71. The van der Waals surface area contributed by atoms with Gasteiger partial charge in [0.2, 0.25) is 0 Å². The SMILES string of the molecule is CCCCCCC(CBr)(CBr)c1ccccc1. The predicted octanol–water partition coefficient (Wildman–Crippen LogP) is 5.68. The van der Waals surface area contributed by atoms with E-state index < -0.39 is 0 Å². The van der Waals surface area contributed by atoms with Crippen LogP contribution in [-0.2, 0) is 5.41 Å². The quantitative estimate of drug-likeness (QED) is 0.412. The molecule has 0 aliphatic rings. The molecule has 1 rings (SSSR count). The van der Waals surface area contributed by atoms with Gasteiger partial charge >= 0.3 is 0 Å². The Balaban J connectivity index is 2.68. The molecule has 0 aliphatic heterocycles. The highest BCUT2D eigenvalue weighted by Gasteiger charge is 2.29. The van der Waals surface area contributed by atoms with Crippen LogP contribution in [-0.4, -0.2) is 10.7 Å². The molecule has 2 heteroatoms. The summed E-state index contributed by atoms with van der Waals surface area (Å²) in [6, 6.07) is 10.9. The van der Waals surface area contributed by atoms with Gasteiger partial charge in [-0.15, -0.1) is 0 Å². The molecule has 0 nitrogen and oxygen atoms in total. The molecule has 0 aromatic heterocycles. The van der Waals surface area contributed by atoms with Crippen molar-refractivity contribution in [3.8, 4) is 0 Å². The van der Waals surface area contributed by atoms with E-state index in [9.17, 15) is 0 Å². The molecule has 0 spiro atoms. The van der Waals surface area contributed by atoms with Crippen molar-refractivity contribution in [3.05, 3.63) is 35.9 Å². The molecule has 0 fully saturated rings. The molecule has 0 bridgehead atoms. The van der Waals surface area contributed by atoms with Crippen molar-refractivity contribution >= 4 is 31.9 Å². The van der Waals surface area contributed by atoms with Gasteiger partial charge in [-0.2, -0.15) is 0 Å². The van der Waals surface area contributed by atoms with E-state index in [2.05, 4.69) is 69.1 Å². The van der Waals surface area contributed by atoms with Gasteiger partial charge in [-0.1, -0.05) is 94.8 Å². The minimum Gasteiger partial charge on any atom is -0.0918 e. The number of benzene rings is 1. The summed E-state index contributed by atoms with van der Waals surface area (Å²) >= 11 is 7.42. The smallest absolute Gasteiger partial charge is 0.0147 e. The zero-order chi connectivity index (χ0) is 12.6. The van der Waals surface area contributed by atoms with E-state index in [1.807, 2.05) is 0 Å². The number of alkyl halides is 2. The summed E-state index contributed by atoms with van der Waals surface area (Å²) in [4.78, 5) is 0. The van der Waals surface area contributed by atoms with E-state index in [0.717, 1.165) is 10.7 Å². The zero-order valence-corrected chi connectivity index (χ0v) is 13.8. The number of rotatable bonds is 8. The number of hydrogen-bond donors (Lipinski definition) is 0. The monoisotopic (exact) mass is 360 g/mol. The van der Waals surface area contributed by atoms with Crippen LogP contribution in [0, 0.1) is 0 Å². The van der Waals surface area contributed by atoms with Crippen molar-refractivity contribution in [2.45, 2.75) is 44.4 Å². The fraction of sp³-hybridized carbons (Fsp3) is 0.600. The van der Waals surface area contributed by atoms with Crippen LogP contribution < -0.4 is 0 Å². The van der Waals surface area contributed by atoms with Crippen molar-refractivity contribution in [1.82, 2.24) is 0 Å². The average Bonchev–Trinajstić information content (AvgIpc) is 2.41. The third-order valence-corrected chi connectivity index (χ3v) is 5.55. The highest BCUT2D eigenvalue weighted by Crippen LogP contribution is 2.34. The van der Waals surface area contributed by atoms with Gasteiger partial charge in [0, 0.05) is 16.1 Å². The second kappa shape index (κ2) is 8.31. The molecule has 0 saturated heterocycles. The Labute approximate surface area is 122 Å². The largest absolute Gasteiger partial charge is 0.0918 e. The summed E-state index contributed by atoms with van der Waals surface area (Å²) in [7, 11) is 0. The molecule has 1 aromatic carbocycles. The minimum atomic E-state index is 0.259. The van der Waals surface area contributed by atoms with Crippen molar-refractivity contribution in [2.75, 3.05) is 10.7 Å². The summed E-state index contributed by atoms with van der Waals surface area (Å²) in [5.41, 5.74) is 1.71. The molecule has 0 aliphatic carbocycles. The molecule has 0 heterocycles. The Bertz CT molecular complexity index is 291. The van der Waals surface area contributed by atoms with Crippen molar-refractivity contribution in [3.63, 3.8) is 0 Å². The standard InChI is InChI=1S/C15H22Br2/c1-2-3-4-8-11-15(12-16,13-17)14-9-6-5-7-10-14/h5-7,9-10H,2-4,8,11-13H2,1H3. The second-order valence-electron chi connectivity index (χ2n) is 4.72. The molecule has 0 N–H and O–H groups in total. The van der Waals surface area contributed by atoms with E-state index in [-0.39, 0.29) is 5.41 Å². The van der Waals surface area contributed by atoms with Crippen LogP contribution in [0.4, 0.5) is 0 Å². The van der Waals surface area contributed by atoms with Gasteiger partial charge in [-0.05, 0) is 12.0 Å². The van der Waals surface area contributed by atoms with Crippen molar-refractivity contribution < 1.29 is 0 Å². The fourth-order valence-electron chi connectivity index (χ4n) is 2.15. The second-order valence-corrected chi connectivity index (χ2v) is 5.85. The Kier molecular flexibility index (Phi) is 7.45. The Morgan fingerprint density at radius 1 is 0.941 bits per heavy atom. The molecule has 0 atom stereocenters. The first-order chi connectivity index (χ1) is 8.29. The summed E-state index contributed by atoms with van der Waals surface area (Å²) in [6.07, 6.45) is 6.59. The molecular formula is C15H22Br2. The lowest BCUT2D eigenvalue weighted by Gasteiger charge is -2.30. The maximum absolute atomic E-state index is 3.71. The minimum absolute atomic E-state index is 0.259. The molecule has 0 radical (unpaired) electrons. The Hall–Kier alpha value is 0.180. The van der Waals surface area contributed by atoms with Gasteiger partial charge in [-0.3, -0.25) is 0 Å². The summed E-state index contributed by atoms with van der Waals surface area (Å²) < 4.78 is 0. The van der Waals surface area contributed by atoms with Gasteiger partial charge in [0.1, 0.15) is 0 Å². The first-order valence-electron chi connectivity index (χ1n) is 6.46. The average molecular weight is 362 g/mol. The highest BCUT2D eigenvalue weighted by atomic mass is 79.9. The molecule has 17 heavy (non-hydrogen) atoms. The number of hydrogen-bond acceptors (Lipinski definition) is 0. The van der Waals surface area contributed by atoms with Crippen LogP contribution in [0.15, 0.2) is 30.3 Å². The molecule has 0 unspecified atom stereocenters. The van der Waals surface area contributed by atoms with Gasteiger partial charge in [0.15, 0.2) is 0 Å². The fourth-order valence-corrected chi connectivity index (χ4v) is 4.29. The van der Waals surface area contributed by atoms with Crippen LogP contribution in [0.3, 0.4) is 0 Å². The lowest BCUT2D eigenvalue weighted by Crippen LogP contribution is -2.30. The summed E-state index contributed by atoms with van der Waals surface area (Å²) in [5.74, 6) is 0. The molecule has 1 aromatic rings. The first-order valence-corrected chi connectivity index (χ1v) is 8.71. The first kappa shape index (κ1) is 15.2. The predicted molar refractivity (Wildman–Crippen MR) is 84.5 cm³/mol. The highest BCUT2D eigenvalue weighted by molar-refractivity contribution is 9.09. The van der Waals surface area contributed by atoms with E-state index in [4.69, 9.17) is 0 Å². The lowest BCUT2D eigenvalue weighted by molar-refractivity contribution is 0.466. The zero-order valence-electron chi connectivity index (χ0n) is 10.6. The van der Waals surface area contributed by atoms with Gasteiger partial charge in [0.25, 0.3) is 0 Å². The van der Waals surface area contributed by atoms with Gasteiger partial charge in [0.05, 0.1) is 0 Å². The Morgan fingerprint density at radius 2 is 1.59 bits per heavy atom. The van der Waals surface area contributed by atoms with Crippen molar-refractivity contribution in [1.29, 1.82) is 0 Å². The van der Waals surface area contributed by atoms with Crippen LogP contribution in [0.25, 0.3) is 0 Å². The van der Waals surface area contributed by atoms with Crippen molar-refractivity contribution in [2.24, 2.45) is 0 Å². The molecule has 96 valence electrons. The van der Waals surface area contributed by atoms with Crippen LogP contribution in [0.2, 0.25) is 0 Å². The van der Waals surface area contributed by atoms with E-state index in [1.54, 1.807) is 0 Å². The molecule has 0 amide bonds. The van der Waals surface area contributed by atoms with E-state index >= 15 is 0 Å². The maximum Gasteiger partial charge on any atom is 0.0147 e. The summed E-state index contributed by atoms with van der Waals surface area (Å²) in [6.45, 7) is 2.26. The number of unbranched alkanes of at least 4 members (excludes halogenated alkanes) is 3. The van der Waals surface area contributed by atoms with Gasteiger partial charge < -0.3 is 0 Å². The van der Waals surface area contributed by atoms with E-state index in [1.165, 1.54) is 37.7 Å². The lowest BCUT2D eigenvalue weighted by atomic mass is 9.80. The van der Waals surface area contributed by atoms with Crippen LogP contribution >= 0.6 is 31.9 Å². The number of halogens is 2.